The van der Waals surface area contributed by atoms with Crippen LogP contribution in [0.5, 0.6) is 11.5 Å². The van der Waals surface area contributed by atoms with E-state index in [-0.39, 0.29) is 5.97 Å². The summed E-state index contributed by atoms with van der Waals surface area (Å²) >= 11 is 0. The van der Waals surface area contributed by atoms with Crippen LogP contribution < -0.4 is 24.2 Å². The lowest BCUT2D eigenvalue weighted by Gasteiger charge is -2.25. The van der Waals surface area contributed by atoms with Crippen molar-refractivity contribution >= 4 is 68.8 Å². The van der Waals surface area contributed by atoms with Crippen molar-refractivity contribution in [3.05, 3.63) is 223 Å². The molecule has 0 saturated heterocycles. The Kier molecular flexibility index (Phi) is 18.0. The highest BCUT2D eigenvalue weighted by atomic mass is 32.2. The predicted octanol–water partition coefficient (Wildman–Crippen LogP) is 11.5. The molecule has 8 aromatic carbocycles. The van der Waals surface area contributed by atoms with E-state index < -0.39 is 40.0 Å². The summed E-state index contributed by atoms with van der Waals surface area (Å²) in [6, 6.07) is 64.8. The Morgan fingerprint density at radius 3 is 1.29 bits per heavy atom. The SMILES string of the molecule is COC(=O)c1ccc(C)cc1OS(=O)(=O)C(F)(F)F.COC(=O)c1ccc(OC)cc1-c1ccc(N(c2ccccc2)c2ccccc2)cc1.OB(O)c1ccc(N(c2ccccc2)c2ccccc2)cc1. The summed E-state index contributed by atoms with van der Waals surface area (Å²) in [6.07, 6.45) is 0. The fraction of sp³-hybridized carbons (Fsp3) is 0.0909. The first-order chi connectivity index (χ1) is 34.5. The minimum absolute atomic E-state index is 0.378. The maximum absolute atomic E-state index is 12.3. The van der Waals surface area contributed by atoms with Gasteiger partial charge in [0.05, 0.1) is 26.9 Å². The maximum Gasteiger partial charge on any atom is 0.534 e. The Hall–Kier alpha value is -8.38. The number of carbonyl (C=O) groups is 2. The van der Waals surface area contributed by atoms with Crippen molar-refractivity contribution in [2.45, 2.75) is 12.4 Å². The summed E-state index contributed by atoms with van der Waals surface area (Å²) in [6.45, 7) is 1.49. The Balaban J connectivity index is 0.000000183. The maximum atomic E-state index is 12.3. The van der Waals surface area contributed by atoms with Crippen LogP contribution in [-0.4, -0.2) is 64.4 Å². The topological polar surface area (TPSA) is 152 Å². The van der Waals surface area contributed by atoms with Gasteiger partial charge < -0.3 is 38.2 Å². The minimum Gasteiger partial charge on any atom is -0.497 e. The number of carbonyl (C=O) groups excluding carboxylic acids is 2. The molecular weight excluding hydrogens is 948 g/mol. The van der Waals surface area contributed by atoms with Crippen LogP contribution >= 0.6 is 0 Å². The molecule has 72 heavy (non-hydrogen) atoms. The highest BCUT2D eigenvalue weighted by molar-refractivity contribution is 7.88. The van der Waals surface area contributed by atoms with Crippen LogP contribution in [0.25, 0.3) is 11.1 Å². The second-order valence-electron chi connectivity index (χ2n) is 15.4. The van der Waals surface area contributed by atoms with Crippen LogP contribution in [0.4, 0.5) is 47.3 Å². The fourth-order valence-electron chi connectivity index (χ4n) is 7.11. The fourth-order valence-corrected chi connectivity index (χ4v) is 7.58. The van der Waals surface area contributed by atoms with E-state index in [1.165, 1.54) is 20.1 Å². The molecule has 0 aliphatic heterocycles. The molecule has 0 radical (unpaired) electrons. The number of aryl methyl sites for hydroxylation is 1. The van der Waals surface area contributed by atoms with E-state index in [0.717, 1.165) is 64.5 Å². The van der Waals surface area contributed by atoms with Gasteiger partial charge in [-0.1, -0.05) is 103 Å². The molecule has 0 atom stereocenters. The summed E-state index contributed by atoms with van der Waals surface area (Å²) in [4.78, 5) is 27.9. The highest BCUT2D eigenvalue weighted by Gasteiger charge is 2.49. The molecular formula is C55H48BF3N2O10S. The van der Waals surface area contributed by atoms with Gasteiger partial charge in [-0.2, -0.15) is 21.6 Å². The third-order valence-electron chi connectivity index (χ3n) is 10.6. The molecule has 0 aliphatic rings. The number of hydrogen-bond acceptors (Lipinski definition) is 12. The van der Waals surface area contributed by atoms with Gasteiger partial charge in [-0.3, -0.25) is 0 Å². The summed E-state index contributed by atoms with van der Waals surface area (Å²) in [5.41, 5.74) is 3.28. The summed E-state index contributed by atoms with van der Waals surface area (Å²) in [5.74, 6) is -1.43. The number of nitrogens with zero attached hydrogens (tertiary/aromatic N) is 2. The van der Waals surface area contributed by atoms with Crippen LogP contribution in [0, 0.1) is 6.92 Å². The lowest BCUT2D eigenvalue weighted by atomic mass is 9.80. The molecule has 0 amide bonds. The molecule has 8 aromatic rings. The monoisotopic (exact) mass is 996 g/mol. The first-order valence-electron chi connectivity index (χ1n) is 21.9. The largest absolute Gasteiger partial charge is 0.534 e. The van der Waals surface area contributed by atoms with Crippen LogP contribution in [0.15, 0.2) is 206 Å². The zero-order valence-electron chi connectivity index (χ0n) is 39.3. The Bertz CT molecular complexity index is 3060. The Labute approximate surface area is 416 Å². The minimum atomic E-state index is -5.84. The molecule has 0 unspecified atom stereocenters. The third kappa shape index (κ3) is 13.5. The molecule has 0 aliphatic carbocycles. The van der Waals surface area contributed by atoms with Crippen molar-refractivity contribution in [1.82, 2.24) is 0 Å². The van der Waals surface area contributed by atoms with E-state index >= 15 is 0 Å². The first-order valence-corrected chi connectivity index (χ1v) is 23.3. The van der Waals surface area contributed by atoms with Crippen molar-refractivity contribution in [2.24, 2.45) is 0 Å². The average Bonchev–Trinajstić information content (AvgIpc) is 3.40. The van der Waals surface area contributed by atoms with Gasteiger partial charge in [-0.05, 0) is 132 Å². The molecule has 0 aromatic heterocycles. The van der Waals surface area contributed by atoms with E-state index in [2.05, 4.69) is 55.1 Å². The van der Waals surface area contributed by atoms with Crippen LogP contribution in [-0.2, 0) is 19.6 Å². The second kappa shape index (κ2) is 24.5. The number of esters is 2. The highest BCUT2D eigenvalue weighted by Crippen LogP contribution is 2.37. The molecule has 0 spiro atoms. The Morgan fingerprint density at radius 1 is 0.514 bits per heavy atom. The van der Waals surface area contributed by atoms with Gasteiger partial charge in [0.2, 0.25) is 0 Å². The van der Waals surface area contributed by atoms with Crippen molar-refractivity contribution in [2.75, 3.05) is 31.1 Å². The number of benzene rings is 8. The van der Waals surface area contributed by atoms with Crippen LogP contribution in [0.2, 0.25) is 0 Å². The number of alkyl halides is 3. The normalized spacial score (nSPS) is 10.8. The second-order valence-corrected chi connectivity index (χ2v) is 16.9. The molecule has 17 heteroatoms. The predicted molar refractivity (Wildman–Crippen MR) is 274 cm³/mol. The van der Waals surface area contributed by atoms with Gasteiger partial charge in [0, 0.05) is 34.1 Å². The number of halogens is 3. The quantitative estimate of drug-likeness (QED) is 0.0489. The molecule has 0 fully saturated rings. The lowest BCUT2D eigenvalue weighted by Crippen LogP contribution is -2.29. The van der Waals surface area contributed by atoms with Gasteiger partial charge in [0.25, 0.3) is 0 Å². The number of methoxy groups -OCH3 is 3. The zero-order valence-corrected chi connectivity index (χ0v) is 40.1. The van der Waals surface area contributed by atoms with Crippen LogP contribution in [0.1, 0.15) is 26.3 Å². The average molecular weight is 997 g/mol. The van der Waals surface area contributed by atoms with Crippen LogP contribution in [0.3, 0.4) is 0 Å². The van der Waals surface area contributed by atoms with Crippen molar-refractivity contribution in [3.63, 3.8) is 0 Å². The summed E-state index contributed by atoms with van der Waals surface area (Å²) in [5, 5.41) is 18.5. The first kappa shape index (κ1) is 53.0. The lowest BCUT2D eigenvalue weighted by molar-refractivity contribution is -0.0500. The molecule has 12 nitrogen and oxygen atoms in total. The number of hydrogen-bond donors (Lipinski definition) is 2. The van der Waals surface area contributed by atoms with Gasteiger partial charge in [0.15, 0.2) is 5.75 Å². The smallest absolute Gasteiger partial charge is 0.497 e. The van der Waals surface area contributed by atoms with Crippen molar-refractivity contribution in [3.8, 4) is 22.6 Å². The number of ether oxygens (including phenoxy) is 3. The Morgan fingerprint density at radius 2 is 0.903 bits per heavy atom. The molecule has 0 bridgehead atoms. The number of para-hydroxylation sites is 4. The van der Waals surface area contributed by atoms with E-state index in [4.69, 9.17) is 9.47 Å². The zero-order chi connectivity index (χ0) is 51.8. The molecule has 0 heterocycles. The van der Waals surface area contributed by atoms with Crippen molar-refractivity contribution < 1.29 is 59.6 Å². The van der Waals surface area contributed by atoms with Crippen molar-refractivity contribution in [1.29, 1.82) is 0 Å². The van der Waals surface area contributed by atoms with E-state index in [9.17, 15) is 41.2 Å². The third-order valence-corrected chi connectivity index (χ3v) is 11.6. The van der Waals surface area contributed by atoms with Gasteiger partial charge in [-0.25, -0.2) is 9.59 Å². The summed E-state index contributed by atoms with van der Waals surface area (Å²) < 4.78 is 77.0. The van der Waals surface area contributed by atoms with E-state index in [0.29, 0.717) is 22.3 Å². The summed E-state index contributed by atoms with van der Waals surface area (Å²) in [7, 11) is -3.29. The van der Waals surface area contributed by atoms with Gasteiger partial charge in [-0.15, -0.1) is 0 Å². The molecule has 8 rings (SSSR count). The van der Waals surface area contributed by atoms with Gasteiger partial charge >= 0.3 is 34.7 Å². The molecule has 368 valence electrons. The van der Waals surface area contributed by atoms with E-state index in [1.54, 1.807) is 31.4 Å². The standard InChI is InChI=1S/C27H23NO3.C18H16BNO2.C10H9F3O5S/c1-30-24-17-18-25(27(29)31-2)26(19-24)20-13-15-23(16-14-20)28(21-9-5-3-6-10-21)22-11-7-4-8-12-22;21-19(22)15-11-13-18(14-12-15)20(16-7-3-1-4-8-16)17-9-5-2-6-10-17;1-6-3-4-7(9(14)17-2)8(5-6)18-19(15,16)10(11,12)13/h3-19H,1-2H3;1-14,21-22H;3-5H,1-2H3. The van der Waals surface area contributed by atoms with E-state index in [1.807, 2.05) is 127 Å². The van der Waals surface area contributed by atoms with Gasteiger partial charge in [0.1, 0.15) is 11.3 Å². The number of anilines is 6. The molecule has 0 saturated carbocycles. The number of rotatable bonds is 13. The molecule has 2 N–H and O–H groups in total.